The van der Waals surface area contributed by atoms with Gasteiger partial charge in [0.2, 0.25) is 5.79 Å². The Bertz CT molecular complexity index is 781. The van der Waals surface area contributed by atoms with Crippen molar-refractivity contribution in [2.24, 2.45) is 22.2 Å². The van der Waals surface area contributed by atoms with Gasteiger partial charge in [-0.2, -0.15) is 0 Å². The molecule has 156 valence electrons. The highest BCUT2D eigenvalue weighted by Gasteiger charge is 2.85. The van der Waals surface area contributed by atoms with E-state index in [4.69, 9.17) is 13.9 Å². The second kappa shape index (κ2) is 6.13. The van der Waals surface area contributed by atoms with Gasteiger partial charge in [0.15, 0.2) is 14.1 Å². The fourth-order valence-corrected chi connectivity index (χ4v) is 10.9. The van der Waals surface area contributed by atoms with E-state index in [2.05, 4.69) is 63.5 Å². The number of carbonyl (C=O) groups is 1. The van der Waals surface area contributed by atoms with Crippen LogP contribution in [0.2, 0.25) is 18.1 Å². The Morgan fingerprint density at radius 1 is 1.25 bits per heavy atom. The van der Waals surface area contributed by atoms with E-state index < -0.39 is 24.9 Å². The summed E-state index contributed by atoms with van der Waals surface area (Å²) in [6, 6.07) is 3.14. The highest BCUT2D eigenvalue weighted by molar-refractivity contribution is 9.11. The van der Waals surface area contributed by atoms with Gasteiger partial charge in [-0.25, -0.2) is 0 Å². The molecule has 4 bridgehead atoms. The molecule has 0 aromatic carbocycles. The lowest BCUT2D eigenvalue weighted by Crippen LogP contribution is -2.75. The standard InChI is InChI=1S/C22H33BrO4Si/c1-8-28(9-2,10-3)27-18-21-12-16(23)20(6)19(5,13-26-22(18,20)25-7)17(21)15(24)11-14(21)4/h11-12,17-18H,8-10,13H2,1-7H3/t17-,18-,19+,20-,21-,22+/m0/s1. The number of allylic oxidation sites excluding steroid dienone is 1. The smallest absolute Gasteiger partial charge is 0.205 e. The van der Waals surface area contributed by atoms with E-state index >= 15 is 0 Å². The Morgan fingerprint density at radius 3 is 2.39 bits per heavy atom. The number of carbonyl (C=O) groups excluding carboxylic acids is 1. The SMILES string of the molecule is CC[Si](CC)(CC)O[C@H]1[C@]23C=C(Br)[C@]4(C)[C@]1(OC)OC[C@]4(C)[C@@H]2C(=O)C=C3C. The Kier molecular flexibility index (Phi) is 4.59. The van der Waals surface area contributed by atoms with Crippen LogP contribution < -0.4 is 0 Å². The summed E-state index contributed by atoms with van der Waals surface area (Å²) < 4.78 is 21.1. The maximum absolute atomic E-state index is 13.3. The summed E-state index contributed by atoms with van der Waals surface area (Å²) in [4.78, 5) is 13.3. The van der Waals surface area contributed by atoms with E-state index in [-0.39, 0.29) is 23.2 Å². The fraction of sp³-hybridized carbons (Fsp3) is 0.773. The van der Waals surface area contributed by atoms with Gasteiger partial charge >= 0.3 is 0 Å². The molecule has 28 heavy (non-hydrogen) atoms. The number of hydrogen-bond donors (Lipinski definition) is 0. The largest absolute Gasteiger partial charge is 0.407 e. The molecule has 6 atom stereocenters. The number of ether oxygens (including phenoxy) is 2. The van der Waals surface area contributed by atoms with Gasteiger partial charge in [-0.15, -0.1) is 0 Å². The van der Waals surface area contributed by atoms with E-state index in [9.17, 15) is 4.79 Å². The van der Waals surface area contributed by atoms with Gasteiger partial charge in [0.1, 0.15) is 6.10 Å². The van der Waals surface area contributed by atoms with Gasteiger partial charge in [0.25, 0.3) is 0 Å². The summed E-state index contributed by atoms with van der Waals surface area (Å²) in [5.74, 6) is -0.856. The molecule has 0 aromatic rings. The van der Waals surface area contributed by atoms with Crippen molar-refractivity contribution in [2.75, 3.05) is 13.7 Å². The molecule has 5 aliphatic rings. The molecule has 1 heterocycles. The average molecular weight is 469 g/mol. The van der Waals surface area contributed by atoms with Gasteiger partial charge in [-0.1, -0.05) is 55.3 Å². The zero-order valence-electron chi connectivity index (χ0n) is 18.1. The van der Waals surface area contributed by atoms with Crippen LogP contribution >= 0.6 is 15.9 Å². The summed E-state index contributed by atoms with van der Waals surface area (Å²) in [7, 11) is -0.245. The number of halogens is 1. The van der Waals surface area contributed by atoms with Gasteiger partial charge in [-0.3, -0.25) is 4.79 Å². The Morgan fingerprint density at radius 2 is 1.86 bits per heavy atom. The molecule has 2 fully saturated rings. The molecule has 4 nitrogen and oxygen atoms in total. The molecule has 0 unspecified atom stereocenters. The zero-order valence-corrected chi connectivity index (χ0v) is 20.7. The van der Waals surface area contributed by atoms with Crippen molar-refractivity contribution in [3.63, 3.8) is 0 Å². The predicted octanol–water partition coefficient (Wildman–Crippen LogP) is 5.20. The minimum Gasteiger partial charge on any atom is -0.407 e. The fourth-order valence-electron chi connectivity index (χ4n) is 6.91. The summed E-state index contributed by atoms with van der Waals surface area (Å²) >= 11 is 3.89. The van der Waals surface area contributed by atoms with E-state index in [1.54, 1.807) is 7.11 Å². The first-order valence-corrected chi connectivity index (χ1v) is 13.9. The van der Waals surface area contributed by atoms with Gasteiger partial charge in [0.05, 0.1) is 17.4 Å². The van der Waals surface area contributed by atoms with Crippen LogP contribution in [0.15, 0.2) is 22.2 Å². The predicted molar refractivity (Wildman–Crippen MR) is 116 cm³/mol. The maximum Gasteiger partial charge on any atom is 0.205 e. The normalized spacial score (nSPS) is 46.6. The van der Waals surface area contributed by atoms with Crippen molar-refractivity contribution in [3.8, 4) is 0 Å². The number of methoxy groups -OCH3 is 1. The summed E-state index contributed by atoms with van der Waals surface area (Å²) in [5.41, 5.74) is -0.255. The molecule has 1 aliphatic heterocycles. The van der Waals surface area contributed by atoms with Crippen molar-refractivity contribution in [1.29, 1.82) is 0 Å². The second-order valence-corrected chi connectivity index (χ2v) is 15.1. The summed E-state index contributed by atoms with van der Waals surface area (Å²) in [6.07, 6.45) is 3.81. The minimum atomic E-state index is -1.98. The van der Waals surface area contributed by atoms with Crippen LogP contribution in [-0.2, 0) is 18.7 Å². The summed E-state index contributed by atoms with van der Waals surface area (Å²) in [6.45, 7) is 13.7. The molecule has 4 aliphatic carbocycles. The first-order chi connectivity index (χ1) is 13.1. The number of hydrogen-bond acceptors (Lipinski definition) is 4. The molecule has 6 heteroatoms. The molecule has 5 rings (SSSR count). The molecular weight excluding hydrogens is 436 g/mol. The van der Waals surface area contributed by atoms with Crippen LogP contribution in [0.1, 0.15) is 41.5 Å². The van der Waals surface area contributed by atoms with Crippen LogP contribution in [0.25, 0.3) is 0 Å². The first-order valence-electron chi connectivity index (χ1n) is 10.6. The minimum absolute atomic E-state index is 0.167. The van der Waals surface area contributed by atoms with Crippen molar-refractivity contribution in [1.82, 2.24) is 0 Å². The van der Waals surface area contributed by atoms with Crippen molar-refractivity contribution in [3.05, 3.63) is 22.2 Å². The van der Waals surface area contributed by atoms with Gasteiger partial charge in [-0.05, 0) is 38.1 Å². The number of ketones is 1. The first kappa shape index (κ1) is 21.0. The van der Waals surface area contributed by atoms with E-state index in [1.807, 2.05) is 6.08 Å². The highest BCUT2D eigenvalue weighted by atomic mass is 79.9. The lowest BCUT2D eigenvalue weighted by atomic mass is 9.40. The van der Waals surface area contributed by atoms with Crippen LogP contribution in [0, 0.1) is 22.2 Å². The number of rotatable bonds is 6. The lowest BCUT2D eigenvalue weighted by molar-refractivity contribution is -0.318. The molecule has 0 aromatic heterocycles. The molecule has 1 saturated heterocycles. The monoisotopic (exact) mass is 468 g/mol. The van der Waals surface area contributed by atoms with Crippen molar-refractivity contribution >= 4 is 30.0 Å². The second-order valence-electron chi connectivity index (χ2n) is 9.53. The topological polar surface area (TPSA) is 44.8 Å². The Hall–Kier alpha value is -0.273. The molecular formula is C22H33BrO4Si. The third-order valence-electron chi connectivity index (χ3n) is 9.09. The summed E-state index contributed by atoms with van der Waals surface area (Å²) in [5, 5.41) is 0. The molecule has 1 spiro atoms. The third-order valence-corrected chi connectivity index (χ3v) is 14.7. The average Bonchev–Trinajstić information content (AvgIpc) is 3.04. The molecule has 1 saturated carbocycles. The molecule has 0 radical (unpaired) electrons. The quantitative estimate of drug-likeness (QED) is 0.502. The van der Waals surface area contributed by atoms with Crippen LogP contribution in [0.3, 0.4) is 0 Å². The van der Waals surface area contributed by atoms with E-state index in [0.717, 1.165) is 28.2 Å². The van der Waals surface area contributed by atoms with Crippen LogP contribution in [0.4, 0.5) is 0 Å². The van der Waals surface area contributed by atoms with Crippen LogP contribution in [-0.4, -0.2) is 39.7 Å². The highest BCUT2D eigenvalue weighted by Crippen LogP contribution is 2.79. The molecule has 0 N–H and O–H groups in total. The maximum atomic E-state index is 13.3. The lowest BCUT2D eigenvalue weighted by Gasteiger charge is -2.67. The van der Waals surface area contributed by atoms with Crippen molar-refractivity contribution < 1.29 is 18.7 Å². The van der Waals surface area contributed by atoms with E-state index in [1.165, 1.54) is 0 Å². The van der Waals surface area contributed by atoms with Gasteiger partial charge in [0, 0.05) is 22.9 Å². The Balaban J connectivity index is 2.02. The molecule has 0 amide bonds. The van der Waals surface area contributed by atoms with Crippen molar-refractivity contribution in [2.45, 2.75) is 71.6 Å². The Labute approximate surface area is 178 Å². The van der Waals surface area contributed by atoms with Gasteiger partial charge < -0.3 is 13.9 Å². The third kappa shape index (κ3) is 1.91. The van der Waals surface area contributed by atoms with E-state index in [0.29, 0.717) is 6.61 Å². The zero-order chi connectivity index (χ0) is 20.8. The van der Waals surface area contributed by atoms with Crippen LogP contribution in [0.5, 0.6) is 0 Å².